The molecule has 0 aromatic heterocycles. The third kappa shape index (κ3) is 1.69. The minimum Gasteiger partial charge on any atom is -0.302 e. The van der Waals surface area contributed by atoms with E-state index in [9.17, 15) is 0 Å². The van der Waals surface area contributed by atoms with Crippen molar-refractivity contribution in [2.45, 2.75) is 13.3 Å². The van der Waals surface area contributed by atoms with E-state index >= 15 is 0 Å². The molecule has 2 heteroatoms. The van der Waals surface area contributed by atoms with Crippen molar-refractivity contribution < 1.29 is 0 Å². The number of likely N-dealkylation sites (tertiary alicyclic amines) is 1. The lowest BCUT2D eigenvalue weighted by atomic mass is 10.0. The van der Waals surface area contributed by atoms with Crippen LogP contribution in [-0.4, -0.2) is 24.5 Å². The molecule has 1 aliphatic rings. The molecule has 2 nitrogen and oxygen atoms in total. The molecule has 50 valence electrons. The third-order valence-electron chi connectivity index (χ3n) is 1.68. The quantitative estimate of drug-likeness (QED) is 0.545. The standard InChI is InChI=1S/C7H12N2/c1-7-5-9(6-7)4-2-3-8/h7H,2,4-6H2,1H3. The molecule has 9 heavy (non-hydrogen) atoms. The van der Waals surface area contributed by atoms with Crippen molar-refractivity contribution in [1.82, 2.24) is 4.90 Å². The van der Waals surface area contributed by atoms with E-state index in [1.807, 2.05) is 0 Å². The normalized spacial score (nSPS) is 20.9. The van der Waals surface area contributed by atoms with Gasteiger partial charge in [-0.05, 0) is 5.92 Å². The van der Waals surface area contributed by atoms with Crippen LogP contribution in [0.5, 0.6) is 0 Å². The first-order valence-corrected chi connectivity index (χ1v) is 3.42. The molecule has 0 saturated carbocycles. The second-order valence-corrected chi connectivity index (χ2v) is 2.77. The fraction of sp³-hybridized carbons (Fsp3) is 0.857. The SMILES string of the molecule is CC1CN(CCC#N)C1. The maximum absolute atomic E-state index is 8.22. The molecule has 1 saturated heterocycles. The summed E-state index contributed by atoms with van der Waals surface area (Å²) in [5, 5.41) is 8.22. The van der Waals surface area contributed by atoms with E-state index in [-0.39, 0.29) is 0 Å². The van der Waals surface area contributed by atoms with Gasteiger partial charge in [0.15, 0.2) is 0 Å². The predicted molar refractivity (Wildman–Crippen MR) is 35.8 cm³/mol. The largest absolute Gasteiger partial charge is 0.302 e. The van der Waals surface area contributed by atoms with Crippen LogP contribution in [0.15, 0.2) is 0 Å². The average molecular weight is 124 g/mol. The van der Waals surface area contributed by atoms with Crippen LogP contribution in [0, 0.1) is 17.2 Å². The molecule has 1 heterocycles. The van der Waals surface area contributed by atoms with Gasteiger partial charge in [-0.15, -0.1) is 0 Å². The smallest absolute Gasteiger partial charge is 0.0635 e. The van der Waals surface area contributed by atoms with Crippen molar-refractivity contribution >= 4 is 0 Å². The number of hydrogen-bond acceptors (Lipinski definition) is 2. The van der Waals surface area contributed by atoms with Crippen LogP contribution in [-0.2, 0) is 0 Å². The molecule has 1 fully saturated rings. The van der Waals surface area contributed by atoms with Crippen molar-refractivity contribution in [3.63, 3.8) is 0 Å². The van der Waals surface area contributed by atoms with E-state index in [1.165, 1.54) is 13.1 Å². The average Bonchev–Trinajstić information content (AvgIpc) is 1.78. The van der Waals surface area contributed by atoms with Gasteiger partial charge in [0.25, 0.3) is 0 Å². The Hall–Kier alpha value is -0.550. The van der Waals surface area contributed by atoms with Gasteiger partial charge in [-0.25, -0.2) is 0 Å². The lowest BCUT2D eigenvalue weighted by Crippen LogP contribution is -2.45. The van der Waals surface area contributed by atoms with E-state index in [2.05, 4.69) is 17.9 Å². The van der Waals surface area contributed by atoms with Crippen molar-refractivity contribution in [1.29, 1.82) is 5.26 Å². The van der Waals surface area contributed by atoms with E-state index in [1.54, 1.807) is 0 Å². The topological polar surface area (TPSA) is 27.0 Å². The van der Waals surface area contributed by atoms with E-state index in [0.29, 0.717) is 6.42 Å². The highest BCUT2D eigenvalue weighted by Crippen LogP contribution is 2.13. The summed E-state index contributed by atoms with van der Waals surface area (Å²) in [7, 11) is 0. The zero-order chi connectivity index (χ0) is 6.69. The number of nitriles is 1. The summed E-state index contributed by atoms with van der Waals surface area (Å²) in [5.74, 6) is 0.865. The lowest BCUT2D eigenvalue weighted by Gasteiger charge is -2.36. The Morgan fingerprint density at radius 3 is 2.78 bits per heavy atom. The summed E-state index contributed by atoms with van der Waals surface area (Å²) in [5.41, 5.74) is 0. The van der Waals surface area contributed by atoms with Crippen LogP contribution in [0.25, 0.3) is 0 Å². The Morgan fingerprint density at radius 1 is 1.67 bits per heavy atom. The highest BCUT2D eigenvalue weighted by Gasteiger charge is 2.20. The summed E-state index contributed by atoms with van der Waals surface area (Å²) >= 11 is 0. The van der Waals surface area contributed by atoms with Crippen molar-refractivity contribution in [2.24, 2.45) is 5.92 Å². The van der Waals surface area contributed by atoms with E-state index in [0.717, 1.165) is 12.5 Å². The summed E-state index contributed by atoms with van der Waals surface area (Å²) in [6.45, 7) is 5.60. The number of nitrogens with zero attached hydrogens (tertiary/aromatic N) is 2. The van der Waals surface area contributed by atoms with Crippen LogP contribution in [0.3, 0.4) is 0 Å². The summed E-state index contributed by atoms with van der Waals surface area (Å²) in [6.07, 6.45) is 0.687. The minimum atomic E-state index is 0.687. The molecule has 0 N–H and O–H groups in total. The number of rotatable bonds is 2. The highest BCUT2D eigenvalue weighted by atomic mass is 15.2. The monoisotopic (exact) mass is 124 g/mol. The van der Waals surface area contributed by atoms with Gasteiger partial charge in [0.1, 0.15) is 0 Å². The Labute approximate surface area is 56.1 Å². The molecule has 0 aliphatic carbocycles. The fourth-order valence-corrected chi connectivity index (χ4v) is 1.22. The summed E-state index contributed by atoms with van der Waals surface area (Å²) < 4.78 is 0. The van der Waals surface area contributed by atoms with Crippen LogP contribution < -0.4 is 0 Å². The van der Waals surface area contributed by atoms with Gasteiger partial charge in [0, 0.05) is 26.1 Å². The first-order chi connectivity index (χ1) is 4.33. The molecule has 0 bridgehead atoms. The van der Waals surface area contributed by atoms with E-state index < -0.39 is 0 Å². The molecule has 0 aromatic rings. The molecule has 0 amide bonds. The van der Waals surface area contributed by atoms with E-state index in [4.69, 9.17) is 5.26 Å². The zero-order valence-corrected chi connectivity index (χ0v) is 5.80. The molecule has 0 radical (unpaired) electrons. The molecule has 0 aromatic carbocycles. The molecule has 1 rings (SSSR count). The Morgan fingerprint density at radius 2 is 2.33 bits per heavy atom. The Bertz CT molecular complexity index is 119. The van der Waals surface area contributed by atoms with Crippen LogP contribution in [0.1, 0.15) is 13.3 Å². The molecule has 0 unspecified atom stereocenters. The van der Waals surface area contributed by atoms with Gasteiger partial charge in [0.2, 0.25) is 0 Å². The third-order valence-corrected chi connectivity index (χ3v) is 1.68. The zero-order valence-electron chi connectivity index (χ0n) is 5.80. The predicted octanol–water partition coefficient (Wildman–Crippen LogP) is 0.852. The summed E-state index contributed by atoms with van der Waals surface area (Å²) in [6, 6.07) is 2.14. The lowest BCUT2D eigenvalue weighted by molar-refractivity contribution is 0.116. The van der Waals surface area contributed by atoms with Gasteiger partial charge in [-0.1, -0.05) is 6.92 Å². The van der Waals surface area contributed by atoms with Crippen LogP contribution in [0.4, 0.5) is 0 Å². The van der Waals surface area contributed by atoms with Crippen molar-refractivity contribution in [3.8, 4) is 6.07 Å². The first-order valence-electron chi connectivity index (χ1n) is 3.42. The van der Waals surface area contributed by atoms with Crippen LogP contribution in [0.2, 0.25) is 0 Å². The van der Waals surface area contributed by atoms with Gasteiger partial charge in [-0.2, -0.15) is 5.26 Å². The number of hydrogen-bond donors (Lipinski definition) is 0. The first kappa shape index (κ1) is 6.57. The van der Waals surface area contributed by atoms with Gasteiger partial charge >= 0.3 is 0 Å². The molecular weight excluding hydrogens is 112 g/mol. The van der Waals surface area contributed by atoms with Crippen LogP contribution >= 0.6 is 0 Å². The maximum Gasteiger partial charge on any atom is 0.0635 e. The van der Waals surface area contributed by atoms with Gasteiger partial charge < -0.3 is 4.90 Å². The molecule has 1 aliphatic heterocycles. The van der Waals surface area contributed by atoms with Gasteiger partial charge in [-0.3, -0.25) is 0 Å². The Kier molecular flexibility index (Phi) is 2.07. The second kappa shape index (κ2) is 2.84. The fourth-order valence-electron chi connectivity index (χ4n) is 1.22. The summed E-state index contributed by atoms with van der Waals surface area (Å²) in [4.78, 5) is 2.31. The van der Waals surface area contributed by atoms with Crippen molar-refractivity contribution in [2.75, 3.05) is 19.6 Å². The minimum absolute atomic E-state index is 0.687. The highest BCUT2D eigenvalue weighted by molar-refractivity contribution is 4.79. The van der Waals surface area contributed by atoms with Crippen molar-refractivity contribution in [3.05, 3.63) is 0 Å². The molecular formula is C7H12N2. The van der Waals surface area contributed by atoms with Gasteiger partial charge in [0.05, 0.1) is 6.07 Å². The molecule has 0 atom stereocenters. The molecule has 0 spiro atoms. The maximum atomic E-state index is 8.22. The Balaban J connectivity index is 1.99. The second-order valence-electron chi connectivity index (χ2n) is 2.77.